The molecular formula is C19H30O2Si. The lowest BCUT2D eigenvalue weighted by molar-refractivity contribution is 0.0136. The smallest absolute Gasteiger partial charge is 0.104 e. The van der Waals surface area contributed by atoms with Crippen molar-refractivity contribution in [2.45, 2.75) is 32.9 Å². The van der Waals surface area contributed by atoms with Crippen molar-refractivity contribution < 1.29 is 9.47 Å². The molecule has 1 aliphatic carbocycles. The zero-order chi connectivity index (χ0) is 16.2. The quantitative estimate of drug-likeness (QED) is 0.743. The van der Waals surface area contributed by atoms with E-state index in [0.29, 0.717) is 5.92 Å². The maximum Gasteiger partial charge on any atom is 0.104 e. The van der Waals surface area contributed by atoms with Crippen molar-refractivity contribution in [1.29, 1.82) is 0 Å². The van der Waals surface area contributed by atoms with Crippen LogP contribution in [0.1, 0.15) is 19.8 Å². The number of benzene rings is 1. The van der Waals surface area contributed by atoms with E-state index >= 15 is 0 Å². The SMILES string of the molecule is COCC1(COC)C/C(=C/[Si](C)(C)c2ccccc2)C(C)C1. The molecular weight excluding hydrogens is 288 g/mol. The summed E-state index contributed by atoms with van der Waals surface area (Å²) in [7, 11) is 2.06. The van der Waals surface area contributed by atoms with Crippen LogP contribution in [0.25, 0.3) is 0 Å². The monoisotopic (exact) mass is 318 g/mol. The van der Waals surface area contributed by atoms with Crippen LogP contribution in [0.3, 0.4) is 0 Å². The first-order chi connectivity index (χ1) is 10.4. The second-order valence-corrected chi connectivity index (χ2v) is 11.8. The fraction of sp³-hybridized carbons (Fsp3) is 0.579. The molecule has 1 unspecified atom stereocenters. The largest absolute Gasteiger partial charge is 0.384 e. The minimum Gasteiger partial charge on any atom is -0.384 e. The van der Waals surface area contributed by atoms with Crippen LogP contribution in [0.5, 0.6) is 0 Å². The lowest BCUT2D eigenvalue weighted by atomic mass is 9.87. The Hall–Kier alpha value is -0.903. The summed E-state index contributed by atoms with van der Waals surface area (Å²) in [6, 6.07) is 11.0. The van der Waals surface area contributed by atoms with Crippen molar-refractivity contribution >= 4 is 13.3 Å². The molecule has 0 amide bonds. The zero-order valence-electron chi connectivity index (χ0n) is 14.7. The standard InChI is InChI=1S/C19H30O2Si/c1-16-11-19(14-20-2,15-21-3)12-17(16)13-22(4,5)18-9-7-6-8-10-18/h6-10,13,16H,11-12,14-15H2,1-5H3/b17-13-. The van der Waals surface area contributed by atoms with Crippen molar-refractivity contribution in [2.24, 2.45) is 11.3 Å². The second kappa shape index (κ2) is 7.11. The fourth-order valence-electron chi connectivity index (χ4n) is 3.94. The molecule has 22 heavy (non-hydrogen) atoms. The molecule has 1 atom stereocenters. The van der Waals surface area contributed by atoms with Crippen LogP contribution >= 0.6 is 0 Å². The summed E-state index contributed by atoms with van der Waals surface area (Å²) < 4.78 is 11.0. The van der Waals surface area contributed by atoms with E-state index in [0.717, 1.165) is 19.6 Å². The number of hydrogen-bond acceptors (Lipinski definition) is 2. The zero-order valence-corrected chi connectivity index (χ0v) is 15.7. The molecule has 1 aliphatic rings. The topological polar surface area (TPSA) is 18.5 Å². The van der Waals surface area contributed by atoms with Crippen LogP contribution < -0.4 is 5.19 Å². The van der Waals surface area contributed by atoms with Crippen LogP contribution in [0, 0.1) is 11.3 Å². The van der Waals surface area contributed by atoms with Gasteiger partial charge in [-0.1, -0.05) is 66.8 Å². The molecule has 0 heterocycles. The van der Waals surface area contributed by atoms with Crippen molar-refractivity contribution in [2.75, 3.05) is 27.4 Å². The molecule has 2 rings (SSSR count). The summed E-state index contributed by atoms with van der Waals surface area (Å²) in [5, 5.41) is 1.51. The third kappa shape index (κ3) is 3.89. The summed E-state index contributed by atoms with van der Waals surface area (Å²) >= 11 is 0. The van der Waals surface area contributed by atoms with E-state index < -0.39 is 8.07 Å². The van der Waals surface area contributed by atoms with E-state index in [9.17, 15) is 0 Å². The molecule has 0 radical (unpaired) electrons. The molecule has 1 fully saturated rings. The predicted octanol–water partition coefficient (Wildman–Crippen LogP) is 3.78. The number of methoxy groups -OCH3 is 2. The second-order valence-electron chi connectivity index (χ2n) is 7.45. The van der Waals surface area contributed by atoms with Gasteiger partial charge in [0, 0.05) is 19.6 Å². The Kier molecular flexibility index (Phi) is 5.64. The van der Waals surface area contributed by atoms with Crippen LogP contribution in [0.15, 0.2) is 41.6 Å². The third-order valence-corrected chi connectivity index (χ3v) is 7.83. The highest BCUT2D eigenvalue weighted by atomic mass is 28.3. The van der Waals surface area contributed by atoms with Crippen LogP contribution in [-0.4, -0.2) is 35.5 Å². The number of hydrogen-bond donors (Lipinski definition) is 0. The predicted molar refractivity (Wildman–Crippen MR) is 96.2 cm³/mol. The van der Waals surface area contributed by atoms with E-state index in [2.05, 4.69) is 56.0 Å². The number of ether oxygens (including phenoxy) is 2. The lowest BCUT2D eigenvalue weighted by Gasteiger charge is -2.27. The Labute approximate surface area is 136 Å². The first-order valence-electron chi connectivity index (χ1n) is 8.17. The molecule has 2 nitrogen and oxygen atoms in total. The van der Waals surface area contributed by atoms with Gasteiger partial charge < -0.3 is 9.47 Å². The maximum absolute atomic E-state index is 5.50. The molecule has 0 aliphatic heterocycles. The van der Waals surface area contributed by atoms with Gasteiger partial charge in [0.05, 0.1) is 13.2 Å². The third-order valence-electron chi connectivity index (χ3n) is 4.92. The Morgan fingerprint density at radius 2 is 1.73 bits per heavy atom. The van der Waals surface area contributed by atoms with Gasteiger partial charge >= 0.3 is 0 Å². The highest BCUT2D eigenvalue weighted by Crippen LogP contribution is 2.46. The minimum atomic E-state index is -1.54. The van der Waals surface area contributed by atoms with Gasteiger partial charge in [0.1, 0.15) is 8.07 Å². The van der Waals surface area contributed by atoms with E-state index in [4.69, 9.17) is 9.47 Å². The lowest BCUT2D eigenvalue weighted by Crippen LogP contribution is -2.40. The van der Waals surface area contributed by atoms with Crippen molar-refractivity contribution in [3.63, 3.8) is 0 Å². The molecule has 0 saturated heterocycles. The minimum absolute atomic E-state index is 0.163. The highest BCUT2D eigenvalue weighted by molar-refractivity contribution is 6.94. The molecule has 1 aromatic rings. The van der Waals surface area contributed by atoms with Gasteiger partial charge in [-0.2, -0.15) is 0 Å². The van der Waals surface area contributed by atoms with Gasteiger partial charge in [0.2, 0.25) is 0 Å². The summed E-state index contributed by atoms with van der Waals surface area (Å²) in [6.07, 6.45) is 2.28. The molecule has 122 valence electrons. The van der Waals surface area contributed by atoms with Crippen LogP contribution in [-0.2, 0) is 9.47 Å². The van der Waals surface area contributed by atoms with Gasteiger partial charge in [-0.15, -0.1) is 0 Å². The molecule has 0 aromatic heterocycles. The first-order valence-corrected chi connectivity index (χ1v) is 11.3. The maximum atomic E-state index is 5.50. The Bertz CT molecular complexity index is 501. The molecule has 3 heteroatoms. The summed E-state index contributed by atoms with van der Waals surface area (Å²) in [4.78, 5) is 0. The normalized spacial score (nSPS) is 23.1. The average Bonchev–Trinajstić information content (AvgIpc) is 2.76. The van der Waals surface area contributed by atoms with Crippen LogP contribution in [0.2, 0.25) is 13.1 Å². The van der Waals surface area contributed by atoms with E-state index in [1.807, 2.05) is 0 Å². The summed E-state index contributed by atoms with van der Waals surface area (Å²) in [5.41, 5.74) is 4.38. The van der Waals surface area contributed by atoms with E-state index in [1.54, 1.807) is 19.8 Å². The van der Waals surface area contributed by atoms with E-state index in [1.165, 1.54) is 11.6 Å². The van der Waals surface area contributed by atoms with Crippen molar-refractivity contribution in [1.82, 2.24) is 0 Å². The van der Waals surface area contributed by atoms with Gasteiger partial charge in [-0.25, -0.2) is 0 Å². The molecule has 1 aromatic carbocycles. The van der Waals surface area contributed by atoms with E-state index in [-0.39, 0.29) is 5.41 Å². The van der Waals surface area contributed by atoms with Gasteiger partial charge in [-0.05, 0) is 18.8 Å². The Balaban J connectivity index is 2.24. The molecule has 0 N–H and O–H groups in total. The van der Waals surface area contributed by atoms with Gasteiger partial charge in [0.25, 0.3) is 0 Å². The number of rotatable bonds is 6. The fourth-order valence-corrected chi connectivity index (χ4v) is 6.47. The summed E-state index contributed by atoms with van der Waals surface area (Å²) in [6.45, 7) is 8.81. The highest BCUT2D eigenvalue weighted by Gasteiger charge is 2.41. The van der Waals surface area contributed by atoms with Gasteiger partial charge in [0.15, 0.2) is 0 Å². The van der Waals surface area contributed by atoms with Gasteiger partial charge in [-0.3, -0.25) is 0 Å². The summed E-state index contributed by atoms with van der Waals surface area (Å²) in [5.74, 6) is 0.626. The van der Waals surface area contributed by atoms with Crippen LogP contribution in [0.4, 0.5) is 0 Å². The first kappa shape index (κ1) is 17.5. The molecule has 1 saturated carbocycles. The number of allylic oxidation sites excluding steroid dienone is 1. The Morgan fingerprint density at radius 3 is 2.27 bits per heavy atom. The van der Waals surface area contributed by atoms with Crippen molar-refractivity contribution in [3.05, 3.63) is 41.6 Å². The molecule has 0 spiro atoms. The average molecular weight is 319 g/mol. The Morgan fingerprint density at radius 1 is 1.14 bits per heavy atom. The van der Waals surface area contributed by atoms with Crippen molar-refractivity contribution in [3.8, 4) is 0 Å². The molecule has 0 bridgehead atoms.